The number of nitrogens with one attached hydrogen (secondary N) is 1. The molecule has 2 N–H and O–H groups in total. The zero-order chi connectivity index (χ0) is 13.1. The molecule has 0 aliphatic heterocycles. The minimum absolute atomic E-state index is 0.350. The van der Waals surface area contributed by atoms with Crippen LogP contribution in [0.1, 0.15) is 27.2 Å². The van der Waals surface area contributed by atoms with Gasteiger partial charge in [-0.15, -0.1) is 0 Å². The van der Waals surface area contributed by atoms with Crippen molar-refractivity contribution < 1.29 is 5.11 Å². The van der Waals surface area contributed by atoms with Crippen LogP contribution < -0.4 is 5.32 Å². The Morgan fingerprint density at radius 1 is 1.53 bits per heavy atom. The van der Waals surface area contributed by atoms with Crippen LogP contribution in [-0.4, -0.2) is 55.2 Å². The second-order valence-corrected chi connectivity index (χ2v) is 4.09. The quantitative estimate of drug-likeness (QED) is 0.382. The van der Waals surface area contributed by atoms with Gasteiger partial charge in [-0.05, 0) is 26.8 Å². The Hall–Kier alpha value is -0.870. The molecule has 0 aliphatic rings. The highest BCUT2D eigenvalue weighted by Crippen LogP contribution is 1.95. The molecule has 1 atom stereocenters. The van der Waals surface area contributed by atoms with Crippen LogP contribution in [0.5, 0.6) is 0 Å². The lowest BCUT2D eigenvalue weighted by Crippen LogP contribution is -2.39. The number of aliphatic imine (C=N–C) groups is 1. The molecule has 0 saturated carbocycles. The average Bonchev–Trinajstić information content (AvgIpc) is 2.34. The van der Waals surface area contributed by atoms with E-state index >= 15 is 0 Å². The van der Waals surface area contributed by atoms with E-state index in [0.717, 1.165) is 25.3 Å². The summed E-state index contributed by atoms with van der Waals surface area (Å²) in [7, 11) is 1.74. The maximum absolute atomic E-state index is 9.87. The zero-order valence-electron chi connectivity index (χ0n) is 11.6. The highest BCUT2D eigenvalue weighted by Gasteiger charge is 2.09. The SMILES string of the molecule is C/C=C\CCN(CC)CC(O)CNC(C)=NC. The number of amidine groups is 1. The predicted octanol–water partition coefficient (Wildman–Crippen LogP) is 1.27. The largest absolute Gasteiger partial charge is 0.390 e. The molecule has 0 aliphatic carbocycles. The van der Waals surface area contributed by atoms with E-state index in [1.54, 1.807) is 7.05 Å². The lowest BCUT2D eigenvalue weighted by molar-refractivity contribution is 0.119. The van der Waals surface area contributed by atoms with E-state index in [4.69, 9.17) is 0 Å². The second-order valence-electron chi connectivity index (χ2n) is 4.09. The Morgan fingerprint density at radius 3 is 2.76 bits per heavy atom. The number of rotatable bonds is 8. The Balaban J connectivity index is 3.84. The van der Waals surface area contributed by atoms with Gasteiger partial charge < -0.3 is 15.3 Å². The van der Waals surface area contributed by atoms with E-state index in [0.29, 0.717) is 13.1 Å². The summed E-state index contributed by atoms with van der Waals surface area (Å²) in [5, 5.41) is 13.0. The molecular weight excluding hydrogens is 214 g/mol. The molecule has 0 spiro atoms. The number of aliphatic hydroxyl groups is 1. The van der Waals surface area contributed by atoms with Crippen LogP contribution in [0, 0.1) is 0 Å². The summed E-state index contributed by atoms with van der Waals surface area (Å²) in [6, 6.07) is 0. The van der Waals surface area contributed by atoms with Crippen molar-refractivity contribution in [3.05, 3.63) is 12.2 Å². The van der Waals surface area contributed by atoms with Crippen molar-refractivity contribution in [2.75, 3.05) is 33.2 Å². The molecule has 4 heteroatoms. The lowest BCUT2D eigenvalue weighted by Gasteiger charge is -2.23. The van der Waals surface area contributed by atoms with Gasteiger partial charge in [-0.2, -0.15) is 0 Å². The van der Waals surface area contributed by atoms with Crippen LogP contribution in [0.2, 0.25) is 0 Å². The Morgan fingerprint density at radius 2 is 2.24 bits per heavy atom. The summed E-state index contributed by atoms with van der Waals surface area (Å²) >= 11 is 0. The molecule has 0 fully saturated rings. The van der Waals surface area contributed by atoms with Crippen molar-refractivity contribution in [2.24, 2.45) is 4.99 Å². The molecule has 0 heterocycles. The van der Waals surface area contributed by atoms with Crippen LogP contribution >= 0.6 is 0 Å². The number of aliphatic hydroxyl groups excluding tert-OH is 1. The minimum atomic E-state index is -0.350. The van der Waals surface area contributed by atoms with E-state index < -0.39 is 0 Å². The standard InChI is InChI=1S/C13H27N3O/c1-5-7-8-9-16(6-2)11-13(17)10-15-12(3)14-4/h5,7,13,17H,6,8-11H2,1-4H3,(H,14,15)/b7-5-. The van der Waals surface area contributed by atoms with Gasteiger partial charge in [-0.25, -0.2) is 0 Å². The summed E-state index contributed by atoms with van der Waals surface area (Å²) in [6.07, 6.45) is 4.91. The summed E-state index contributed by atoms with van der Waals surface area (Å²) in [5.74, 6) is 0.862. The molecule has 0 rings (SSSR count). The smallest absolute Gasteiger partial charge is 0.0929 e. The van der Waals surface area contributed by atoms with Gasteiger partial charge in [0.15, 0.2) is 0 Å². The van der Waals surface area contributed by atoms with Crippen LogP contribution in [0.3, 0.4) is 0 Å². The van der Waals surface area contributed by atoms with Crippen molar-refractivity contribution in [2.45, 2.75) is 33.3 Å². The van der Waals surface area contributed by atoms with Gasteiger partial charge in [0.05, 0.1) is 11.9 Å². The van der Waals surface area contributed by atoms with Crippen molar-refractivity contribution >= 4 is 5.84 Å². The summed E-state index contributed by atoms with van der Waals surface area (Å²) in [4.78, 5) is 6.25. The molecular formula is C13H27N3O. The predicted molar refractivity (Wildman–Crippen MR) is 74.6 cm³/mol. The molecule has 17 heavy (non-hydrogen) atoms. The highest BCUT2D eigenvalue weighted by molar-refractivity contribution is 5.79. The first-order chi connectivity index (χ1) is 8.13. The maximum atomic E-state index is 9.87. The van der Waals surface area contributed by atoms with Crippen molar-refractivity contribution in [1.82, 2.24) is 10.2 Å². The average molecular weight is 241 g/mol. The summed E-state index contributed by atoms with van der Waals surface area (Å²) in [6.45, 7) is 9.28. The number of allylic oxidation sites excluding steroid dienone is 1. The monoisotopic (exact) mass is 241 g/mol. The first kappa shape index (κ1) is 16.1. The Bertz CT molecular complexity index is 239. The number of nitrogens with zero attached hydrogens (tertiary/aromatic N) is 2. The zero-order valence-corrected chi connectivity index (χ0v) is 11.6. The molecule has 4 nitrogen and oxygen atoms in total. The fraction of sp³-hybridized carbons (Fsp3) is 0.769. The highest BCUT2D eigenvalue weighted by atomic mass is 16.3. The van der Waals surface area contributed by atoms with Gasteiger partial charge in [0.2, 0.25) is 0 Å². The van der Waals surface area contributed by atoms with E-state index in [2.05, 4.69) is 34.3 Å². The molecule has 0 aromatic heterocycles. The summed E-state index contributed by atoms with van der Waals surface area (Å²) < 4.78 is 0. The minimum Gasteiger partial charge on any atom is -0.390 e. The third kappa shape index (κ3) is 8.89. The molecule has 100 valence electrons. The van der Waals surface area contributed by atoms with E-state index in [1.807, 2.05) is 13.8 Å². The normalized spacial score (nSPS) is 14.6. The van der Waals surface area contributed by atoms with Gasteiger partial charge in [-0.3, -0.25) is 4.99 Å². The van der Waals surface area contributed by atoms with Gasteiger partial charge in [0.25, 0.3) is 0 Å². The lowest BCUT2D eigenvalue weighted by atomic mass is 10.3. The van der Waals surface area contributed by atoms with Crippen LogP contribution in [-0.2, 0) is 0 Å². The molecule has 1 unspecified atom stereocenters. The fourth-order valence-corrected chi connectivity index (χ4v) is 1.51. The van der Waals surface area contributed by atoms with Crippen LogP contribution in [0.15, 0.2) is 17.1 Å². The first-order valence-electron chi connectivity index (χ1n) is 6.32. The molecule has 0 saturated heterocycles. The van der Waals surface area contributed by atoms with Crippen molar-refractivity contribution in [3.8, 4) is 0 Å². The maximum Gasteiger partial charge on any atom is 0.0929 e. The van der Waals surface area contributed by atoms with Crippen LogP contribution in [0.4, 0.5) is 0 Å². The van der Waals surface area contributed by atoms with E-state index in [9.17, 15) is 5.11 Å². The number of hydrogen-bond donors (Lipinski definition) is 2. The summed E-state index contributed by atoms with van der Waals surface area (Å²) in [5.41, 5.74) is 0. The fourth-order valence-electron chi connectivity index (χ4n) is 1.51. The molecule has 0 aromatic rings. The van der Waals surface area contributed by atoms with Crippen molar-refractivity contribution in [1.29, 1.82) is 0 Å². The third-order valence-corrected chi connectivity index (χ3v) is 2.69. The van der Waals surface area contributed by atoms with E-state index in [-0.39, 0.29) is 6.10 Å². The second kappa shape index (κ2) is 10.3. The molecule has 0 aromatic carbocycles. The van der Waals surface area contributed by atoms with Gasteiger partial charge in [0, 0.05) is 26.7 Å². The van der Waals surface area contributed by atoms with Gasteiger partial charge in [-0.1, -0.05) is 19.1 Å². The van der Waals surface area contributed by atoms with Crippen molar-refractivity contribution in [3.63, 3.8) is 0 Å². The molecule has 0 radical (unpaired) electrons. The number of likely N-dealkylation sites (N-methyl/N-ethyl adjacent to an activating group) is 1. The van der Waals surface area contributed by atoms with E-state index in [1.165, 1.54) is 0 Å². The number of hydrogen-bond acceptors (Lipinski definition) is 3. The molecule has 0 bridgehead atoms. The Labute approximate surface area is 105 Å². The molecule has 0 amide bonds. The Kier molecular flexibility index (Phi) is 9.77. The topological polar surface area (TPSA) is 47.9 Å². The van der Waals surface area contributed by atoms with Crippen LogP contribution in [0.25, 0.3) is 0 Å². The van der Waals surface area contributed by atoms with Gasteiger partial charge in [0.1, 0.15) is 0 Å². The third-order valence-electron chi connectivity index (χ3n) is 2.69. The first-order valence-corrected chi connectivity index (χ1v) is 6.32. The van der Waals surface area contributed by atoms with Gasteiger partial charge >= 0.3 is 0 Å².